The molecule has 2 amide bonds. The maximum atomic E-state index is 13.2. The summed E-state index contributed by atoms with van der Waals surface area (Å²) in [5.41, 5.74) is 2.18. The van der Waals surface area contributed by atoms with Gasteiger partial charge in [-0.05, 0) is 48.0 Å². The number of aromatic nitrogens is 2. The van der Waals surface area contributed by atoms with Crippen molar-refractivity contribution in [2.24, 2.45) is 0 Å². The Labute approximate surface area is 207 Å². The van der Waals surface area contributed by atoms with E-state index in [1.165, 1.54) is 11.8 Å². The quantitative estimate of drug-likeness (QED) is 0.511. The van der Waals surface area contributed by atoms with Gasteiger partial charge in [-0.1, -0.05) is 35.5 Å². The van der Waals surface area contributed by atoms with E-state index in [1.807, 2.05) is 47.4 Å². The van der Waals surface area contributed by atoms with Crippen LogP contribution in [0.25, 0.3) is 6.08 Å². The molecule has 2 aliphatic rings. The molecular weight excluding hydrogens is 470 g/mol. The average molecular weight is 492 g/mol. The lowest BCUT2D eigenvalue weighted by atomic mass is 10.1. The van der Waals surface area contributed by atoms with Crippen LogP contribution in [0.3, 0.4) is 0 Å². The summed E-state index contributed by atoms with van der Waals surface area (Å²) in [6.07, 6.45) is 5.28. The molecule has 2 aliphatic heterocycles. The standard InChI is InChI=1S/C25H22ClN5O2S/c1-29-20-16-18(23(32)30-10-12-31(13-11-30)25-27-8-3-9-28-25)6-7-21(20)34-22(24(29)33)15-17-4-2-5-19(26)14-17/h2-9,14-16H,10-13H2,1H3/b22-15+. The summed E-state index contributed by atoms with van der Waals surface area (Å²) in [6, 6.07) is 14.7. The number of rotatable bonds is 3. The van der Waals surface area contributed by atoms with Crippen LogP contribution >= 0.6 is 23.4 Å². The Morgan fingerprint density at radius 3 is 2.53 bits per heavy atom. The van der Waals surface area contributed by atoms with Crippen molar-refractivity contribution < 1.29 is 9.59 Å². The number of amides is 2. The minimum atomic E-state index is -0.112. The molecule has 0 radical (unpaired) electrons. The van der Waals surface area contributed by atoms with Crippen molar-refractivity contribution in [3.63, 3.8) is 0 Å². The lowest BCUT2D eigenvalue weighted by molar-refractivity contribution is -0.114. The first-order valence-corrected chi connectivity index (χ1v) is 12.1. The van der Waals surface area contributed by atoms with Crippen molar-refractivity contribution in [1.29, 1.82) is 0 Å². The van der Waals surface area contributed by atoms with Crippen LogP contribution in [0.4, 0.5) is 11.6 Å². The van der Waals surface area contributed by atoms with E-state index in [9.17, 15) is 9.59 Å². The molecule has 2 aromatic carbocycles. The topological polar surface area (TPSA) is 69.6 Å². The van der Waals surface area contributed by atoms with Gasteiger partial charge in [-0.3, -0.25) is 9.59 Å². The number of anilines is 2. The average Bonchev–Trinajstić information content (AvgIpc) is 2.87. The van der Waals surface area contributed by atoms with Crippen LogP contribution in [-0.4, -0.2) is 59.9 Å². The fourth-order valence-electron chi connectivity index (χ4n) is 4.02. The summed E-state index contributed by atoms with van der Waals surface area (Å²) >= 11 is 7.49. The third kappa shape index (κ3) is 4.51. The van der Waals surface area contributed by atoms with Gasteiger partial charge in [-0.2, -0.15) is 0 Å². The number of hydrogen-bond acceptors (Lipinski definition) is 6. The molecule has 0 atom stereocenters. The fraction of sp³-hybridized carbons (Fsp3) is 0.200. The van der Waals surface area contributed by atoms with Crippen molar-refractivity contribution >= 4 is 52.9 Å². The van der Waals surface area contributed by atoms with Crippen LogP contribution < -0.4 is 9.80 Å². The molecule has 1 saturated heterocycles. The van der Waals surface area contributed by atoms with Gasteiger partial charge in [0.1, 0.15) is 0 Å². The minimum absolute atomic E-state index is 0.0393. The number of benzene rings is 2. The molecule has 9 heteroatoms. The van der Waals surface area contributed by atoms with Gasteiger partial charge in [-0.15, -0.1) is 0 Å². The smallest absolute Gasteiger partial charge is 0.264 e. The first-order valence-electron chi connectivity index (χ1n) is 10.9. The zero-order valence-corrected chi connectivity index (χ0v) is 20.1. The number of piperazine rings is 1. The lowest BCUT2D eigenvalue weighted by Gasteiger charge is -2.35. The molecule has 1 aromatic heterocycles. The highest BCUT2D eigenvalue weighted by Crippen LogP contribution is 2.42. The molecule has 0 spiro atoms. The van der Waals surface area contributed by atoms with Gasteiger partial charge in [0.05, 0.1) is 10.6 Å². The molecule has 172 valence electrons. The summed E-state index contributed by atoms with van der Waals surface area (Å²) in [4.78, 5) is 41.9. The number of thioether (sulfide) groups is 1. The summed E-state index contributed by atoms with van der Waals surface area (Å²) < 4.78 is 0. The Morgan fingerprint density at radius 2 is 1.79 bits per heavy atom. The Kier molecular flexibility index (Phi) is 6.26. The monoisotopic (exact) mass is 491 g/mol. The zero-order chi connectivity index (χ0) is 23.7. The SMILES string of the molecule is CN1C(=O)/C(=C\c2cccc(Cl)c2)Sc2ccc(C(=O)N3CCN(c4ncccn4)CC3)cc21. The Morgan fingerprint density at radius 1 is 1.03 bits per heavy atom. The first-order chi connectivity index (χ1) is 16.5. The molecule has 0 aliphatic carbocycles. The van der Waals surface area contributed by atoms with Crippen LogP contribution in [0.1, 0.15) is 15.9 Å². The Bertz CT molecular complexity index is 1280. The van der Waals surface area contributed by atoms with Crippen LogP contribution in [0.5, 0.6) is 0 Å². The maximum Gasteiger partial charge on any atom is 0.264 e. The molecule has 34 heavy (non-hydrogen) atoms. The van der Waals surface area contributed by atoms with Gasteiger partial charge in [0.2, 0.25) is 5.95 Å². The predicted octanol–water partition coefficient (Wildman–Crippen LogP) is 4.20. The highest BCUT2D eigenvalue weighted by Gasteiger charge is 2.29. The largest absolute Gasteiger partial charge is 0.337 e. The molecule has 0 bridgehead atoms. The summed E-state index contributed by atoms with van der Waals surface area (Å²) in [5, 5.41) is 0.622. The zero-order valence-electron chi connectivity index (χ0n) is 18.5. The molecule has 0 unspecified atom stereocenters. The second kappa shape index (κ2) is 9.48. The summed E-state index contributed by atoms with van der Waals surface area (Å²) in [6.45, 7) is 2.52. The Hall–Kier alpha value is -3.36. The highest BCUT2D eigenvalue weighted by molar-refractivity contribution is 8.04. The summed E-state index contributed by atoms with van der Waals surface area (Å²) in [5.74, 6) is 0.531. The third-order valence-electron chi connectivity index (χ3n) is 5.85. The van der Waals surface area contributed by atoms with E-state index in [-0.39, 0.29) is 11.8 Å². The van der Waals surface area contributed by atoms with Crippen molar-refractivity contribution in [1.82, 2.24) is 14.9 Å². The predicted molar refractivity (Wildman–Crippen MR) is 135 cm³/mol. The van der Waals surface area contributed by atoms with E-state index >= 15 is 0 Å². The number of hydrogen-bond donors (Lipinski definition) is 0. The third-order valence-corrected chi connectivity index (χ3v) is 7.16. The maximum absolute atomic E-state index is 13.2. The molecular formula is C25H22ClN5O2S. The number of carbonyl (C=O) groups is 2. The number of carbonyl (C=O) groups excluding carboxylic acids is 2. The Balaban J connectivity index is 1.32. The molecule has 0 N–H and O–H groups in total. The molecule has 3 heterocycles. The molecule has 1 fully saturated rings. The second-order valence-corrected chi connectivity index (χ2v) is 9.56. The fourth-order valence-corrected chi connectivity index (χ4v) is 5.31. The molecule has 5 rings (SSSR count). The minimum Gasteiger partial charge on any atom is -0.337 e. The number of likely N-dealkylation sites (N-methyl/N-ethyl adjacent to an activating group) is 1. The second-order valence-electron chi connectivity index (χ2n) is 8.04. The van der Waals surface area contributed by atoms with Gasteiger partial charge in [0.25, 0.3) is 11.8 Å². The van der Waals surface area contributed by atoms with Gasteiger partial charge >= 0.3 is 0 Å². The van der Waals surface area contributed by atoms with Crippen LogP contribution in [-0.2, 0) is 4.79 Å². The molecule has 0 saturated carbocycles. The number of halogens is 1. The van der Waals surface area contributed by atoms with Gasteiger partial charge in [0, 0.05) is 61.1 Å². The van der Waals surface area contributed by atoms with Crippen LogP contribution in [0.2, 0.25) is 5.02 Å². The van der Waals surface area contributed by atoms with Gasteiger partial charge in [-0.25, -0.2) is 9.97 Å². The van der Waals surface area contributed by atoms with Crippen LogP contribution in [0.15, 0.2) is 70.7 Å². The van der Waals surface area contributed by atoms with E-state index < -0.39 is 0 Å². The lowest BCUT2D eigenvalue weighted by Crippen LogP contribution is -2.49. The van der Waals surface area contributed by atoms with Crippen molar-refractivity contribution in [3.05, 3.63) is 82.0 Å². The van der Waals surface area contributed by atoms with E-state index in [0.29, 0.717) is 47.6 Å². The normalized spacial score (nSPS) is 17.2. The van der Waals surface area contributed by atoms with Gasteiger partial charge in [0.15, 0.2) is 0 Å². The van der Waals surface area contributed by atoms with E-state index in [4.69, 9.17) is 11.6 Å². The van der Waals surface area contributed by atoms with E-state index in [0.717, 1.165) is 16.1 Å². The van der Waals surface area contributed by atoms with Crippen LogP contribution in [0, 0.1) is 0 Å². The van der Waals surface area contributed by atoms with Gasteiger partial charge < -0.3 is 14.7 Å². The number of fused-ring (bicyclic) bond motifs is 1. The van der Waals surface area contributed by atoms with Crippen molar-refractivity contribution in [2.75, 3.05) is 43.0 Å². The molecule has 7 nitrogen and oxygen atoms in total. The van der Waals surface area contributed by atoms with Crippen molar-refractivity contribution in [2.45, 2.75) is 4.90 Å². The highest BCUT2D eigenvalue weighted by atomic mass is 35.5. The van der Waals surface area contributed by atoms with E-state index in [2.05, 4.69) is 14.9 Å². The van der Waals surface area contributed by atoms with E-state index in [1.54, 1.807) is 36.5 Å². The molecule has 3 aromatic rings. The number of nitrogens with zero attached hydrogens (tertiary/aromatic N) is 5. The first kappa shape index (κ1) is 22.4. The van der Waals surface area contributed by atoms with Crippen molar-refractivity contribution in [3.8, 4) is 0 Å². The summed E-state index contributed by atoms with van der Waals surface area (Å²) in [7, 11) is 1.74.